The van der Waals surface area contributed by atoms with Gasteiger partial charge in [-0.05, 0) is 101 Å². The average molecular weight is 990 g/mol. The van der Waals surface area contributed by atoms with Crippen molar-refractivity contribution in [2.24, 2.45) is 11.8 Å². The van der Waals surface area contributed by atoms with Crippen LogP contribution in [0.3, 0.4) is 0 Å². The summed E-state index contributed by atoms with van der Waals surface area (Å²) >= 11 is 0. The van der Waals surface area contributed by atoms with E-state index < -0.39 is 81.9 Å². The monoisotopic (exact) mass is 990 g/mol. The molecule has 0 aromatic heterocycles. The fourth-order valence-electron chi connectivity index (χ4n) is 6.79. The van der Waals surface area contributed by atoms with Crippen molar-refractivity contribution >= 4 is 71.4 Å². The third-order valence-electron chi connectivity index (χ3n) is 10.8. The first-order valence-corrected chi connectivity index (χ1v) is 23.6. The molecule has 3 rings (SSSR count). The summed E-state index contributed by atoms with van der Waals surface area (Å²) < 4.78 is 0. The van der Waals surface area contributed by atoms with Gasteiger partial charge in [-0.1, -0.05) is 119 Å². The lowest BCUT2D eigenvalue weighted by Crippen LogP contribution is -2.60. The Labute approximate surface area is 422 Å². The molecule has 2 atom stereocenters. The number of carbonyl (C=O) groups excluding carboxylic acids is 9. The molecule has 0 saturated heterocycles. The fourth-order valence-corrected chi connectivity index (χ4v) is 6.79. The van der Waals surface area contributed by atoms with Gasteiger partial charge in [-0.3, -0.25) is 43.2 Å². The first-order chi connectivity index (χ1) is 33.6. The minimum Gasteiger partial charge on any atom is -0.357 e. The van der Waals surface area contributed by atoms with E-state index in [1.807, 2.05) is 27.7 Å². The van der Waals surface area contributed by atoms with E-state index in [2.05, 4.69) is 47.9 Å². The molecule has 0 bridgehead atoms. The second-order valence-electron chi connectivity index (χ2n) is 19.7. The molecule has 72 heavy (non-hydrogen) atoms. The number of benzene rings is 3. The van der Waals surface area contributed by atoms with Crippen molar-refractivity contribution in [3.05, 3.63) is 125 Å². The van der Waals surface area contributed by atoms with Crippen molar-refractivity contribution in [2.45, 2.75) is 118 Å². The molecule has 0 unspecified atom stereocenters. The van der Waals surface area contributed by atoms with Gasteiger partial charge in [0.1, 0.15) is 45.8 Å². The van der Waals surface area contributed by atoms with E-state index in [1.165, 1.54) is 73.7 Å². The Bertz CT molecular complexity index is 2530. The smallest absolute Gasteiger partial charge is 0.268 e. The third kappa shape index (κ3) is 18.8. The van der Waals surface area contributed by atoms with E-state index in [0.717, 1.165) is 0 Å². The molecule has 9 N–H and O–H groups in total. The molecule has 0 radical (unpaired) electrons. The minimum absolute atomic E-state index is 0.0289. The summed E-state index contributed by atoms with van der Waals surface area (Å²) in [6.45, 7) is 17.2. The fraction of sp³-hybridized carbons (Fsp3) is 0.389. The number of likely N-dealkylation sites (N-methyl/N-ethyl adjacent to an activating group) is 1. The van der Waals surface area contributed by atoms with Crippen LogP contribution < -0.4 is 47.9 Å². The zero-order chi connectivity index (χ0) is 54.0. The Morgan fingerprint density at radius 1 is 0.444 bits per heavy atom. The van der Waals surface area contributed by atoms with Crippen LogP contribution >= 0.6 is 0 Å². The quantitative estimate of drug-likeness (QED) is 0.0622. The van der Waals surface area contributed by atoms with E-state index >= 15 is 0 Å². The van der Waals surface area contributed by atoms with Gasteiger partial charge in [0.2, 0.25) is 35.4 Å². The molecule has 9 amide bonds. The lowest BCUT2D eigenvalue weighted by Gasteiger charge is -2.30. The van der Waals surface area contributed by atoms with Crippen LogP contribution in [-0.2, 0) is 43.2 Å². The van der Waals surface area contributed by atoms with Gasteiger partial charge >= 0.3 is 0 Å². The van der Waals surface area contributed by atoms with Crippen molar-refractivity contribution in [2.75, 3.05) is 7.05 Å². The van der Waals surface area contributed by atoms with Gasteiger partial charge in [-0.25, -0.2) is 0 Å². The second-order valence-corrected chi connectivity index (χ2v) is 19.7. The van der Waals surface area contributed by atoms with E-state index in [9.17, 15) is 43.2 Å². The van der Waals surface area contributed by atoms with Crippen molar-refractivity contribution < 1.29 is 43.2 Å². The number of carbonyl (C=O) groups is 9. The summed E-state index contributed by atoms with van der Waals surface area (Å²) in [6.07, 6.45) is 4.80. The highest BCUT2D eigenvalue weighted by atomic mass is 16.2. The summed E-state index contributed by atoms with van der Waals surface area (Å²) in [6, 6.07) is 23.9. The Morgan fingerprint density at radius 2 is 0.750 bits per heavy atom. The predicted molar refractivity (Wildman–Crippen MR) is 277 cm³/mol. The highest BCUT2D eigenvalue weighted by Crippen LogP contribution is 2.16. The molecular weight excluding hydrogens is 919 g/mol. The van der Waals surface area contributed by atoms with Crippen LogP contribution in [0.5, 0.6) is 0 Å². The van der Waals surface area contributed by atoms with E-state index in [-0.39, 0.29) is 28.9 Å². The highest BCUT2D eigenvalue weighted by molar-refractivity contribution is 6.09. The second kappa shape index (κ2) is 26.4. The lowest BCUT2D eigenvalue weighted by molar-refractivity contribution is -0.135. The van der Waals surface area contributed by atoms with Gasteiger partial charge in [0, 0.05) is 14.0 Å². The van der Waals surface area contributed by atoms with Crippen LogP contribution in [0.25, 0.3) is 18.2 Å². The Hall–Kier alpha value is -7.89. The standard InChI is InChI=1S/C54H71N9O9/c1-33(2)28-39(44(65)55-12)57-45(66)41(30-36-22-16-13-17-23-36)58-49(70)52(6,7)62-47(68)42(31-37-24-18-14-19-25-37)60-51(72)54(10,11)63-48(69)43(32-38-26-20-15-21-27-38)59-50(71)53(8,9)61-46(67)40(29-34(3)4)56-35(5)64/h13-27,30-34,39-40H,28-29H2,1-12H3,(H,55,65)(H,56,64)(H,57,66)(H,58,70)(H,59,71)(H,60,72)(H,61,67)(H,62,68)(H,63,69)/b41-30-,42-31-,43-32-/t39-,40+/m0/s1. The van der Waals surface area contributed by atoms with Crippen molar-refractivity contribution in [3.63, 3.8) is 0 Å². The summed E-state index contributed by atoms with van der Waals surface area (Å²) in [5, 5.41) is 23.6. The SMILES string of the molecule is CNC(=O)[C@H](CC(C)C)NC(=O)/C(=C/c1ccccc1)NC(=O)C(C)(C)NC(=O)/C(=C/c1ccccc1)NC(=O)C(C)(C)NC(=O)/C(=C/c1ccccc1)NC(=O)C(C)(C)NC(=O)[C@@H](CC(C)C)NC(C)=O. The lowest BCUT2D eigenvalue weighted by atomic mass is 9.99. The number of hydrogen-bond acceptors (Lipinski definition) is 9. The van der Waals surface area contributed by atoms with Crippen molar-refractivity contribution in [3.8, 4) is 0 Å². The first-order valence-electron chi connectivity index (χ1n) is 23.6. The summed E-state index contributed by atoms with van der Waals surface area (Å²) in [7, 11) is 1.45. The molecule has 3 aromatic carbocycles. The number of rotatable bonds is 23. The van der Waals surface area contributed by atoms with Gasteiger partial charge in [-0.2, -0.15) is 0 Å². The molecule has 0 saturated carbocycles. The zero-order valence-electron chi connectivity index (χ0n) is 43.3. The van der Waals surface area contributed by atoms with Crippen LogP contribution in [-0.4, -0.2) is 88.9 Å². The molecule has 0 aliphatic heterocycles. The van der Waals surface area contributed by atoms with Gasteiger partial charge in [0.15, 0.2) is 0 Å². The predicted octanol–water partition coefficient (Wildman–Crippen LogP) is 3.97. The molecule has 0 heterocycles. The first kappa shape index (κ1) is 58.4. The summed E-state index contributed by atoms with van der Waals surface area (Å²) in [5.74, 6) is -6.46. The maximum absolute atomic E-state index is 14.3. The largest absolute Gasteiger partial charge is 0.357 e. The average Bonchev–Trinajstić information content (AvgIpc) is 3.30. The van der Waals surface area contributed by atoms with Gasteiger partial charge in [-0.15, -0.1) is 0 Å². The molecule has 18 heteroatoms. The summed E-state index contributed by atoms with van der Waals surface area (Å²) in [5.41, 5.74) is -4.43. The number of amides is 9. The molecule has 0 aliphatic carbocycles. The van der Waals surface area contributed by atoms with E-state index in [0.29, 0.717) is 29.5 Å². The molecule has 0 spiro atoms. The van der Waals surface area contributed by atoms with Crippen molar-refractivity contribution in [1.29, 1.82) is 0 Å². The topological polar surface area (TPSA) is 262 Å². The van der Waals surface area contributed by atoms with Crippen LogP contribution in [0.15, 0.2) is 108 Å². The maximum Gasteiger partial charge on any atom is 0.268 e. The van der Waals surface area contributed by atoms with Gasteiger partial charge < -0.3 is 47.9 Å². The molecule has 0 aliphatic rings. The molecule has 18 nitrogen and oxygen atoms in total. The molecule has 0 fully saturated rings. The molecule has 3 aromatic rings. The molecular formula is C54H71N9O9. The summed E-state index contributed by atoms with van der Waals surface area (Å²) in [4.78, 5) is 122. The van der Waals surface area contributed by atoms with Crippen molar-refractivity contribution in [1.82, 2.24) is 47.9 Å². The number of hydrogen-bond donors (Lipinski definition) is 9. The minimum atomic E-state index is -1.79. The zero-order valence-corrected chi connectivity index (χ0v) is 43.3. The van der Waals surface area contributed by atoms with Crippen LogP contribution in [0.1, 0.15) is 106 Å². The van der Waals surface area contributed by atoms with Crippen LogP contribution in [0, 0.1) is 11.8 Å². The van der Waals surface area contributed by atoms with Gasteiger partial charge in [0.25, 0.3) is 17.7 Å². The van der Waals surface area contributed by atoms with Crippen LogP contribution in [0.4, 0.5) is 0 Å². The molecule has 386 valence electrons. The Kier molecular flexibility index (Phi) is 21.4. The third-order valence-corrected chi connectivity index (χ3v) is 10.8. The Balaban J connectivity index is 1.92. The van der Waals surface area contributed by atoms with E-state index in [4.69, 9.17) is 0 Å². The van der Waals surface area contributed by atoms with Crippen LogP contribution in [0.2, 0.25) is 0 Å². The Morgan fingerprint density at radius 3 is 1.06 bits per heavy atom. The van der Waals surface area contributed by atoms with Gasteiger partial charge in [0.05, 0.1) is 0 Å². The van der Waals surface area contributed by atoms with E-state index in [1.54, 1.807) is 91.0 Å². The normalized spacial score (nSPS) is 13.2. The number of nitrogens with one attached hydrogen (secondary N) is 9. The maximum atomic E-state index is 14.3. The highest BCUT2D eigenvalue weighted by Gasteiger charge is 2.38.